The minimum Gasteiger partial charge on any atom is -0.491 e. The number of benzene rings is 1. The van der Waals surface area contributed by atoms with E-state index in [1.165, 1.54) is 13.4 Å². The average molecular weight is 486 g/mol. The summed E-state index contributed by atoms with van der Waals surface area (Å²) >= 11 is 0. The number of carbonyl (C=O) groups excluding carboxylic acids is 2. The summed E-state index contributed by atoms with van der Waals surface area (Å²) in [4.78, 5) is 37.5. The lowest BCUT2D eigenvalue weighted by Crippen LogP contribution is -2.46. The van der Waals surface area contributed by atoms with Crippen LogP contribution in [0.5, 0.6) is 5.75 Å². The van der Waals surface area contributed by atoms with Crippen molar-refractivity contribution in [3.8, 4) is 5.75 Å². The Balaban J connectivity index is 1.92. The fourth-order valence-electron chi connectivity index (χ4n) is 4.12. The van der Waals surface area contributed by atoms with Crippen LogP contribution < -0.4 is 10.1 Å². The molecule has 0 bridgehead atoms. The van der Waals surface area contributed by atoms with E-state index in [2.05, 4.69) is 34.0 Å². The number of rotatable bonds is 6. The zero-order valence-corrected chi connectivity index (χ0v) is 21.1. The predicted molar refractivity (Wildman–Crippen MR) is 131 cm³/mol. The Morgan fingerprint density at radius 2 is 1.94 bits per heavy atom. The molecule has 0 saturated carbocycles. The van der Waals surface area contributed by atoms with Gasteiger partial charge in [-0.1, -0.05) is 6.92 Å². The number of carbonyl (C=O) groups is 2. The lowest BCUT2D eigenvalue weighted by atomic mass is 10.0. The van der Waals surface area contributed by atoms with Gasteiger partial charge in [-0.15, -0.1) is 0 Å². The largest absolute Gasteiger partial charge is 0.491 e. The van der Waals surface area contributed by atoms with Gasteiger partial charge in [0.1, 0.15) is 25.3 Å². The summed E-state index contributed by atoms with van der Waals surface area (Å²) in [7, 11) is 4.89. The highest BCUT2D eigenvalue weighted by atomic mass is 16.5. The van der Waals surface area contributed by atoms with Gasteiger partial charge < -0.3 is 24.4 Å². The first-order valence-corrected chi connectivity index (χ1v) is 11.6. The molecule has 0 saturated heterocycles. The van der Waals surface area contributed by atoms with E-state index in [0.29, 0.717) is 36.7 Å². The number of hydrogen-bond acceptors (Lipinski definition) is 8. The lowest BCUT2D eigenvalue weighted by Gasteiger charge is -2.36. The molecule has 10 nitrogen and oxygen atoms in total. The molecule has 1 aliphatic heterocycles. The highest BCUT2D eigenvalue weighted by Crippen LogP contribution is 2.27. The SMILES string of the molecule is COCC(=O)Nc1ccc2c(c1)OC[C@@H](C)N(Cc1cncnc1)C[C@H](C)[C@H](OC)CN(C)C2=O. The van der Waals surface area contributed by atoms with Crippen LogP contribution in [0, 0.1) is 5.92 Å². The molecule has 3 atom stereocenters. The van der Waals surface area contributed by atoms with Crippen molar-refractivity contribution in [3.63, 3.8) is 0 Å². The standard InChI is InChI=1S/C25H35N5O5/c1-17-11-30(12-19-9-26-16-27-10-19)18(2)14-35-22-8-20(28-24(31)15-33-4)6-7-21(22)25(32)29(3)13-23(17)34-5/h6-10,16-18,23H,11-15H2,1-5H3,(H,28,31)/t17-,18+,23+/m0/s1. The number of methoxy groups -OCH3 is 2. The van der Waals surface area contributed by atoms with Gasteiger partial charge in [0.2, 0.25) is 5.91 Å². The van der Waals surface area contributed by atoms with E-state index in [1.54, 1.807) is 37.3 Å². The molecule has 0 aliphatic carbocycles. The van der Waals surface area contributed by atoms with E-state index < -0.39 is 0 Å². The molecular weight excluding hydrogens is 450 g/mol. The summed E-state index contributed by atoms with van der Waals surface area (Å²) in [6.45, 7) is 6.31. The van der Waals surface area contributed by atoms with Crippen molar-refractivity contribution < 1.29 is 23.8 Å². The van der Waals surface area contributed by atoms with Crippen molar-refractivity contribution in [1.82, 2.24) is 19.8 Å². The number of ether oxygens (including phenoxy) is 3. The van der Waals surface area contributed by atoms with Crippen LogP contribution in [0.3, 0.4) is 0 Å². The second-order valence-electron chi connectivity index (χ2n) is 8.97. The molecule has 0 unspecified atom stereocenters. The number of fused-ring (bicyclic) bond motifs is 1. The van der Waals surface area contributed by atoms with Crippen molar-refractivity contribution in [3.05, 3.63) is 48.0 Å². The van der Waals surface area contributed by atoms with E-state index in [9.17, 15) is 9.59 Å². The fourth-order valence-corrected chi connectivity index (χ4v) is 4.12. The van der Waals surface area contributed by atoms with Gasteiger partial charge in [-0.25, -0.2) is 9.97 Å². The topological polar surface area (TPSA) is 106 Å². The van der Waals surface area contributed by atoms with Crippen LogP contribution in [0.25, 0.3) is 0 Å². The number of anilines is 1. The number of aromatic nitrogens is 2. The smallest absolute Gasteiger partial charge is 0.257 e. The number of likely N-dealkylation sites (N-methyl/N-ethyl adjacent to an activating group) is 1. The molecule has 35 heavy (non-hydrogen) atoms. The third kappa shape index (κ3) is 7.20. The Morgan fingerprint density at radius 3 is 2.63 bits per heavy atom. The second kappa shape index (κ2) is 12.6. The van der Waals surface area contributed by atoms with Gasteiger partial charge >= 0.3 is 0 Å². The predicted octanol–water partition coefficient (Wildman–Crippen LogP) is 2.07. The lowest BCUT2D eigenvalue weighted by molar-refractivity contribution is -0.119. The number of nitrogens with zero attached hydrogens (tertiary/aromatic N) is 4. The summed E-state index contributed by atoms with van der Waals surface area (Å²) in [6, 6.07) is 5.06. The highest BCUT2D eigenvalue weighted by Gasteiger charge is 2.28. The van der Waals surface area contributed by atoms with Crippen LogP contribution >= 0.6 is 0 Å². The molecule has 1 aromatic carbocycles. The molecule has 190 valence electrons. The van der Waals surface area contributed by atoms with Crippen LogP contribution in [-0.2, 0) is 20.8 Å². The third-order valence-corrected chi connectivity index (χ3v) is 6.13. The third-order valence-electron chi connectivity index (χ3n) is 6.13. The normalized spacial score (nSPS) is 21.9. The quantitative estimate of drug-likeness (QED) is 0.663. The molecule has 0 fully saturated rings. The van der Waals surface area contributed by atoms with E-state index in [-0.39, 0.29) is 36.5 Å². The summed E-state index contributed by atoms with van der Waals surface area (Å²) in [5, 5.41) is 2.77. The first kappa shape index (κ1) is 26.5. The molecule has 1 N–H and O–H groups in total. The summed E-state index contributed by atoms with van der Waals surface area (Å²) < 4.78 is 16.9. The fraction of sp³-hybridized carbons (Fsp3) is 0.520. The first-order valence-electron chi connectivity index (χ1n) is 11.6. The van der Waals surface area contributed by atoms with Crippen LogP contribution in [-0.4, -0.2) is 91.3 Å². The molecule has 2 amide bonds. The maximum atomic E-state index is 13.3. The molecule has 3 rings (SSSR count). The van der Waals surface area contributed by atoms with Crippen molar-refractivity contribution in [2.45, 2.75) is 32.5 Å². The van der Waals surface area contributed by atoms with Gasteiger partial charge in [0.05, 0.1) is 11.7 Å². The molecule has 10 heteroatoms. The number of hydrogen-bond donors (Lipinski definition) is 1. The second-order valence-corrected chi connectivity index (χ2v) is 8.97. The number of nitrogens with one attached hydrogen (secondary N) is 1. The molecule has 2 heterocycles. The minimum absolute atomic E-state index is 0.0157. The number of amides is 2. The van der Waals surface area contributed by atoms with Crippen LogP contribution in [0.4, 0.5) is 5.69 Å². The maximum absolute atomic E-state index is 13.3. The van der Waals surface area contributed by atoms with Crippen LogP contribution in [0.1, 0.15) is 29.8 Å². The zero-order valence-electron chi connectivity index (χ0n) is 21.1. The van der Waals surface area contributed by atoms with Crippen molar-refractivity contribution in [2.75, 3.05) is 52.9 Å². The van der Waals surface area contributed by atoms with Gasteiger partial charge in [0.15, 0.2) is 0 Å². The van der Waals surface area contributed by atoms with Gasteiger partial charge in [0.25, 0.3) is 5.91 Å². The molecular formula is C25H35N5O5. The Kier molecular flexibility index (Phi) is 9.53. The average Bonchev–Trinajstić information content (AvgIpc) is 2.85. The van der Waals surface area contributed by atoms with Crippen molar-refractivity contribution in [2.24, 2.45) is 5.92 Å². The Hall–Kier alpha value is -3.08. The van der Waals surface area contributed by atoms with Crippen molar-refractivity contribution >= 4 is 17.5 Å². The maximum Gasteiger partial charge on any atom is 0.257 e. The summed E-state index contributed by atoms with van der Waals surface area (Å²) in [5.74, 6) is 0.107. The van der Waals surface area contributed by atoms with Crippen LogP contribution in [0.15, 0.2) is 36.9 Å². The van der Waals surface area contributed by atoms with Crippen LogP contribution in [0.2, 0.25) is 0 Å². The van der Waals surface area contributed by atoms with Gasteiger partial charge in [0, 0.05) is 76.7 Å². The van der Waals surface area contributed by atoms with Gasteiger partial charge in [-0.05, 0) is 25.0 Å². The van der Waals surface area contributed by atoms with E-state index in [1.807, 2.05) is 12.4 Å². The van der Waals surface area contributed by atoms with Gasteiger partial charge in [-0.3, -0.25) is 14.5 Å². The molecule has 1 aliphatic rings. The molecule has 1 aromatic heterocycles. The zero-order chi connectivity index (χ0) is 25.4. The van der Waals surface area contributed by atoms with E-state index >= 15 is 0 Å². The summed E-state index contributed by atoms with van der Waals surface area (Å²) in [5.41, 5.74) is 1.96. The van der Waals surface area contributed by atoms with Gasteiger partial charge in [-0.2, -0.15) is 0 Å². The highest BCUT2D eigenvalue weighted by molar-refractivity contribution is 5.98. The van der Waals surface area contributed by atoms with E-state index in [0.717, 1.165) is 12.1 Å². The molecule has 0 radical (unpaired) electrons. The Bertz CT molecular complexity index is 989. The Morgan fingerprint density at radius 1 is 1.20 bits per heavy atom. The minimum atomic E-state index is -0.286. The summed E-state index contributed by atoms with van der Waals surface area (Å²) in [6.07, 6.45) is 4.99. The first-order chi connectivity index (χ1) is 16.8. The molecule has 2 aromatic rings. The monoisotopic (exact) mass is 485 g/mol. The Labute approximate surface area is 206 Å². The van der Waals surface area contributed by atoms with E-state index in [4.69, 9.17) is 14.2 Å². The van der Waals surface area contributed by atoms with Crippen molar-refractivity contribution in [1.29, 1.82) is 0 Å². The molecule has 0 spiro atoms.